The van der Waals surface area contributed by atoms with Crippen LogP contribution < -0.4 is 10.1 Å². The van der Waals surface area contributed by atoms with Gasteiger partial charge in [-0.25, -0.2) is 0 Å². The number of para-hydroxylation sites is 1. The number of hydrogen-bond acceptors (Lipinski definition) is 3. The summed E-state index contributed by atoms with van der Waals surface area (Å²) in [5.74, 6) is 0.724. The molecule has 0 saturated heterocycles. The van der Waals surface area contributed by atoms with Gasteiger partial charge in [-0.2, -0.15) is 0 Å². The molecule has 0 heterocycles. The van der Waals surface area contributed by atoms with Gasteiger partial charge in [0.05, 0.1) is 19.6 Å². The van der Waals surface area contributed by atoms with Crippen molar-refractivity contribution >= 4 is 5.91 Å². The summed E-state index contributed by atoms with van der Waals surface area (Å²) >= 11 is 0. The Hall–Kier alpha value is -2.33. The maximum atomic E-state index is 11.7. The van der Waals surface area contributed by atoms with Crippen molar-refractivity contribution < 1.29 is 14.6 Å². The lowest BCUT2D eigenvalue weighted by Gasteiger charge is -2.07. The Balaban J connectivity index is 1.67. The second-order valence-corrected chi connectivity index (χ2v) is 4.66. The summed E-state index contributed by atoms with van der Waals surface area (Å²) in [7, 11) is 0. The second-order valence-electron chi connectivity index (χ2n) is 4.66. The zero-order valence-electron chi connectivity index (χ0n) is 11.8. The molecule has 0 radical (unpaired) electrons. The third-order valence-corrected chi connectivity index (χ3v) is 3.04. The Morgan fingerprint density at radius 3 is 2.33 bits per heavy atom. The molecule has 2 aromatic carbocycles. The molecule has 110 valence electrons. The lowest BCUT2D eigenvalue weighted by Crippen LogP contribution is -2.24. The fourth-order valence-electron chi connectivity index (χ4n) is 1.83. The topological polar surface area (TPSA) is 58.6 Å². The molecule has 2 rings (SSSR count). The highest BCUT2D eigenvalue weighted by atomic mass is 16.5. The Kier molecular flexibility index (Phi) is 5.79. The minimum absolute atomic E-state index is 0.0312. The van der Waals surface area contributed by atoms with Gasteiger partial charge in [-0.1, -0.05) is 42.5 Å². The number of aliphatic hydroxyl groups excluding tert-OH is 1. The maximum absolute atomic E-state index is 11.7. The van der Waals surface area contributed by atoms with Crippen LogP contribution in [0.4, 0.5) is 0 Å². The summed E-state index contributed by atoms with van der Waals surface area (Å²) in [6, 6.07) is 16.9. The first-order valence-corrected chi connectivity index (χ1v) is 6.91. The average Bonchev–Trinajstić information content (AvgIpc) is 2.54. The van der Waals surface area contributed by atoms with E-state index in [4.69, 9.17) is 9.84 Å². The average molecular weight is 285 g/mol. The molecule has 2 aromatic rings. The van der Waals surface area contributed by atoms with Gasteiger partial charge in [0.25, 0.3) is 0 Å². The van der Waals surface area contributed by atoms with E-state index in [9.17, 15) is 4.79 Å². The number of carbonyl (C=O) groups is 1. The van der Waals surface area contributed by atoms with E-state index in [0.717, 1.165) is 16.9 Å². The van der Waals surface area contributed by atoms with Crippen LogP contribution in [0.3, 0.4) is 0 Å². The fourth-order valence-corrected chi connectivity index (χ4v) is 1.83. The molecule has 0 unspecified atom stereocenters. The summed E-state index contributed by atoms with van der Waals surface area (Å²) in [6.07, 6.45) is 0.323. The number of amides is 1. The molecule has 0 aliphatic rings. The molecule has 0 aliphatic heterocycles. The van der Waals surface area contributed by atoms with Crippen LogP contribution in [0.5, 0.6) is 5.75 Å². The van der Waals surface area contributed by atoms with Gasteiger partial charge in [-0.05, 0) is 23.3 Å². The third kappa shape index (κ3) is 5.28. The number of aliphatic hydroxyl groups is 1. The predicted molar refractivity (Wildman–Crippen MR) is 80.8 cm³/mol. The van der Waals surface area contributed by atoms with E-state index in [1.54, 1.807) is 0 Å². The molecule has 0 aliphatic carbocycles. The zero-order chi connectivity index (χ0) is 14.9. The first-order chi connectivity index (χ1) is 10.3. The molecule has 0 bridgehead atoms. The van der Waals surface area contributed by atoms with Crippen molar-refractivity contribution in [3.05, 3.63) is 65.7 Å². The van der Waals surface area contributed by atoms with Crippen LogP contribution >= 0.6 is 0 Å². The number of benzene rings is 2. The number of hydrogen-bond donors (Lipinski definition) is 2. The summed E-state index contributed by atoms with van der Waals surface area (Å²) in [5, 5.41) is 11.8. The number of ether oxygens (including phenoxy) is 1. The summed E-state index contributed by atoms with van der Waals surface area (Å²) in [5.41, 5.74) is 1.87. The molecule has 2 N–H and O–H groups in total. The van der Waals surface area contributed by atoms with Gasteiger partial charge in [0.2, 0.25) is 5.91 Å². The number of carbonyl (C=O) groups excluding carboxylic acids is 1. The summed E-state index contributed by atoms with van der Waals surface area (Å²) in [4.78, 5) is 11.7. The van der Waals surface area contributed by atoms with Crippen molar-refractivity contribution in [1.82, 2.24) is 5.32 Å². The highest BCUT2D eigenvalue weighted by Gasteiger charge is 2.02. The van der Waals surface area contributed by atoms with Crippen LogP contribution in [-0.4, -0.2) is 17.6 Å². The highest BCUT2D eigenvalue weighted by Crippen LogP contribution is 2.08. The first-order valence-electron chi connectivity index (χ1n) is 6.91. The van der Waals surface area contributed by atoms with Gasteiger partial charge < -0.3 is 15.2 Å². The van der Waals surface area contributed by atoms with E-state index in [1.165, 1.54) is 0 Å². The first kappa shape index (κ1) is 15.1. The monoisotopic (exact) mass is 285 g/mol. The lowest BCUT2D eigenvalue weighted by molar-refractivity contribution is -0.121. The molecule has 21 heavy (non-hydrogen) atoms. The van der Waals surface area contributed by atoms with Crippen molar-refractivity contribution in [1.29, 1.82) is 0 Å². The van der Waals surface area contributed by atoms with Crippen LogP contribution in [0, 0.1) is 0 Å². The van der Waals surface area contributed by atoms with Crippen molar-refractivity contribution in [2.75, 3.05) is 6.61 Å². The molecule has 0 saturated carbocycles. The highest BCUT2D eigenvalue weighted by molar-refractivity contribution is 5.75. The van der Waals surface area contributed by atoms with E-state index in [0.29, 0.717) is 19.6 Å². The largest absolute Gasteiger partial charge is 0.493 e. The Labute approximate surface area is 124 Å². The summed E-state index contributed by atoms with van der Waals surface area (Å²) < 4.78 is 5.47. The molecule has 0 atom stereocenters. The maximum Gasteiger partial charge on any atom is 0.223 e. The molecule has 0 fully saturated rings. The second kappa shape index (κ2) is 8.07. The molecule has 4 nitrogen and oxygen atoms in total. The predicted octanol–water partition coefficient (Wildman–Crippen LogP) is 2.26. The molecular weight excluding hydrogens is 266 g/mol. The van der Waals surface area contributed by atoms with Gasteiger partial charge in [0.15, 0.2) is 0 Å². The minimum atomic E-state index is -0.0443. The van der Waals surface area contributed by atoms with Gasteiger partial charge in [-0.3, -0.25) is 4.79 Å². The Morgan fingerprint density at radius 2 is 1.67 bits per heavy atom. The van der Waals surface area contributed by atoms with Crippen molar-refractivity contribution in [2.24, 2.45) is 0 Å². The van der Waals surface area contributed by atoms with Crippen molar-refractivity contribution in [3.8, 4) is 5.75 Å². The fraction of sp³-hybridized carbons (Fsp3) is 0.235. The van der Waals surface area contributed by atoms with E-state index in [2.05, 4.69) is 5.32 Å². The quantitative estimate of drug-likeness (QED) is 0.820. The van der Waals surface area contributed by atoms with Gasteiger partial charge in [0, 0.05) is 6.54 Å². The molecule has 4 heteroatoms. The van der Waals surface area contributed by atoms with Crippen LogP contribution in [0.15, 0.2) is 54.6 Å². The zero-order valence-corrected chi connectivity index (χ0v) is 11.8. The van der Waals surface area contributed by atoms with E-state index in [1.807, 2.05) is 54.6 Å². The van der Waals surface area contributed by atoms with E-state index < -0.39 is 0 Å². The smallest absolute Gasteiger partial charge is 0.223 e. The van der Waals surface area contributed by atoms with E-state index >= 15 is 0 Å². The van der Waals surface area contributed by atoms with E-state index in [-0.39, 0.29) is 12.5 Å². The van der Waals surface area contributed by atoms with Crippen molar-refractivity contribution in [2.45, 2.75) is 19.6 Å². The molecule has 0 spiro atoms. The number of nitrogens with one attached hydrogen (secondary N) is 1. The van der Waals surface area contributed by atoms with Gasteiger partial charge >= 0.3 is 0 Å². The van der Waals surface area contributed by atoms with Gasteiger partial charge in [-0.15, -0.1) is 0 Å². The normalized spacial score (nSPS) is 10.1. The van der Waals surface area contributed by atoms with Crippen molar-refractivity contribution in [3.63, 3.8) is 0 Å². The van der Waals surface area contributed by atoms with Crippen LogP contribution in [-0.2, 0) is 17.9 Å². The van der Waals surface area contributed by atoms with Crippen LogP contribution in [0.2, 0.25) is 0 Å². The summed E-state index contributed by atoms with van der Waals surface area (Å²) in [6.45, 7) is 0.874. The Bertz CT molecular complexity index is 552. The van der Waals surface area contributed by atoms with Crippen LogP contribution in [0.1, 0.15) is 17.5 Å². The van der Waals surface area contributed by atoms with Gasteiger partial charge in [0.1, 0.15) is 5.75 Å². The molecule has 1 amide bonds. The van der Waals surface area contributed by atoms with Crippen LogP contribution in [0.25, 0.3) is 0 Å². The molecule has 0 aromatic heterocycles. The lowest BCUT2D eigenvalue weighted by atomic mass is 10.1. The SMILES string of the molecule is O=C(CCOc1ccccc1)NCc1ccc(CO)cc1. The molecular formula is C17H19NO3. The number of rotatable bonds is 7. The Morgan fingerprint density at radius 1 is 1.00 bits per heavy atom. The third-order valence-electron chi connectivity index (χ3n) is 3.04. The minimum Gasteiger partial charge on any atom is -0.493 e. The standard InChI is InChI=1S/C17H19NO3/c19-13-15-8-6-14(7-9-15)12-18-17(20)10-11-21-16-4-2-1-3-5-16/h1-9,19H,10-13H2,(H,18,20).